The lowest BCUT2D eigenvalue weighted by Crippen LogP contribution is -2.26. The molecule has 10 heteroatoms. The van der Waals surface area contributed by atoms with Crippen molar-refractivity contribution in [2.24, 2.45) is 11.4 Å². The Bertz CT molecular complexity index is 1060. The second-order valence-electron chi connectivity index (χ2n) is 6.92. The van der Waals surface area contributed by atoms with Gasteiger partial charge in [0.2, 0.25) is 0 Å². The number of halogens is 2. The predicted molar refractivity (Wildman–Crippen MR) is 116 cm³/mol. The average Bonchev–Trinajstić information content (AvgIpc) is 2.82. The fourth-order valence-corrected chi connectivity index (χ4v) is 4.64. The number of nitrogens with zero attached hydrogens (tertiary/aromatic N) is 3. The molecule has 7 nitrogen and oxygen atoms in total. The van der Waals surface area contributed by atoms with E-state index in [4.69, 9.17) is 23.2 Å². The lowest BCUT2D eigenvalue weighted by Gasteiger charge is -2.17. The minimum atomic E-state index is -3.90. The smallest absolute Gasteiger partial charge is 0.284 e. The van der Waals surface area contributed by atoms with Crippen LogP contribution in [-0.4, -0.2) is 43.2 Å². The van der Waals surface area contributed by atoms with Crippen LogP contribution in [0.1, 0.15) is 36.2 Å². The first-order valence-electron chi connectivity index (χ1n) is 9.16. The number of hydrogen-bond donors (Lipinski definition) is 1. The highest BCUT2D eigenvalue weighted by Crippen LogP contribution is 2.26. The lowest BCUT2D eigenvalue weighted by atomic mass is 10.2. The third kappa shape index (κ3) is 4.94. The van der Waals surface area contributed by atoms with Crippen molar-refractivity contribution >= 4 is 50.7 Å². The Balaban J connectivity index is 1.85. The number of likely N-dealkylation sites (tertiary alicyclic amines) is 1. The highest BCUT2D eigenvalue weighted by molar-refractivity contribution is 7.90. The van der Waals surface area contributed by atoms with Crippen LogP contribution in [0.3, 0.4) is 0 Å². The number of rotatable bonds is 4. The number of nitrogens with one attached hydrogen (secondary N) is 1. The van der Waals surface area contributed by atoms with Gasteiger partial charge in [-0.3, -0.25) is 4.79 Å². The van der Waals surface area contributed by atoms with E-state index in [2.05, 4.69) is 9.71 Å². The van der Waals surface area contributed by atoms with Crippen molar-refractivity contribution in [2.75, 3.05) is 18.9 Å². The van der Waals surface area contributed by atoms with Crippen LogP contribution in [0, 0.1) is 0 Å². The number of anilines is 1. The molecule has 0 spiro atoms. The van der Waals surface area contributed by atoms with Crippen molar-refractivity contribution < 1.29 is 13.2 Å². The fraction of sp³-hybridized carbons (Fsp3) is 0.368. The molecule has 1 amide bonds. The van der Waals surface area contributed by atoms with Crippen LogP contribution in [0.25, 0.3) is 0 Å². The third-order valence-electron chi connectivity index (χ3n) is 4.80. The van der Waals surface area contributed by atoms with E-state index in [0.717, 1.165) is 25.8 Å². The van der Waals surface area contributed by atoms with Crippen molar-refractivity contribution in [3.05, 3.63) is 46.2 Å². The molecule has 0 saturated carbocycles. The summed E-state index contributed by atoms with van der Waals surface area (Å²) in [5.74, 6) is 0.107. The molecule has 156 valence electrons. The highest BCUT2D eigenvalue weighted by Gasteiger charge is 2.20. The third-order valence-corrected chi connectivity index (χ3v) is 6.94. The zero-order chi connectivity index (χ0) is 21.2. The Hall–Kier alpha value is -2.03. The molecule has 2 heterocycles. The van der Waals surface area contributed by atoms with Gasteiger partial charge in [-0.1, -0.05) is 35.7 Å². The highest BCUT2D eigenvalue weighted by atomic mass is 35.5. The number of carbonyl (C=O) groups is 1. The summed E-state index contributed by atoms with van der Waals surface area (Å²) in [7, 11) is -0.427. The Kier molecular flexibility index (Phi) is 6.55. The zero-order valence-corrected chi connectivity index (χ0v) is 18.5. The van der Waals surface area contributed by atoms with E-state index in [1.165, 1.54) is 22.8 Å². The second-order valence-corrected chi connectivity index (χ2v) is 9.29. The number of benzene rings is 1. The maximum atomic E-state index is 12.8. The van der Waals surface area contributed by atoms with Gasteiger partial charge in [-0.2, -0.15) is 8.42 Å². The van der Waals surface area contributed by atoms with Crippen molar-refractivity contribution in [2.45, 2.75) is 30.6 Å². The van der Waals surface area contributed by atoms with Gasteiger partial charge in [-0.05, 0) is 37.1 Å². The normalized spacial score (nSPS) is 16.7. The molecule has 0 bridgehead atoms. The second kappa shape index (κ2) is 8.77. The van der Waals surface area contributed by atoms with Crippen LogP contribution < -0.4 is 5.32 Å². The van der Waals surface area contributed by atoms with E-state index in [-0.39, 0.29) is 20.8 Å². The minimum Gasteiger partial charge on any atom is -0.362 e. The van der Waals surface area contributed by atoms with Crippen molar-refractivity contribution in [3.63, 3.8) is 0 Å². The number of aromatic nitrogens is 1. The largest absolute Gasteiger partial charge is 0.362 e. The minimum absolute atomic E-state index is 0.0170. The quantitative estimate of drug-likeness (QED) is 0.747. The Morgan fingerprint density at radius 3 is 2.59 bits per heavy atom. The maximum Gasteiger partial charge on any atom is 0.284 e. The van der Waals surface area contributed by atoms with Gasteiger partial charge in [-0.15, -0.1) is 4.40 Å². The molecule has 1 N–H and O–H groups in total. The summed E-state index contributed by atoms with van der Waals surface area (Å²) in [4.78, 5) is 14.4. The van der Waals surface area contributed by atoms with Gasteiger partial charge in [-0.25, -0.2) is 0 Å². The Labute approximate surface area is 180 Å². The number of amides is 1. The van der Waals surface area contributed by atoms with E-state index in [1.54, 1.807) is 19.2 Å². The molecule has 1 aliphatic rings. The summed E-state index contributed by atoms with van der Waals surface area (Å²) in [6.45, 7) is 0.784. The summed E-state index contributed by atoms with van der Waals surface area (Å²) >= 11 is 12.0. The Morgan fingerprint density at radius 1 is 1.14 bits per heavy atom. The molecule has 0 atom stereocenters. The van der Waals surface area contributed by atoms with E-state index in [1.807, 2.05) is 11.9 Å². The summed E-state index contributed by atoms with van der Waals surface area (Å²) in [6, 6.07) is 7.47. The van der Waals surface area contributed by atoms with E-state index >= 15 is 0 Å². The fourth-order valence-electron chi connectivity index (χ4n) is 3.13. The zero-order valence-electron chi connectivity index (χ0n) is 16.2. The molecule has 1 aliphatic heterocycles. The summed E-state index contributed by atoms with van der Waals surface area (Å²) in [5, 5.41) is 3.18. The summed E-state index contributed by atoms with van der Waals surface area (Å²) in [5.41, 5.74) is 0.590. The van der Waals surface area contributed by atoms with Crippen LogP contribution in [0.4, 0.5) is 5.69 Å². The van der Waals surface area contributed by atoms with Gasteiger partial charge >= 0.3 is 0 Å². The number of carbonyl (C=O) groups excluding carboxylic acids is 1. The molecule has 0 aliphatic carbocycles. The number of amidine groups is 1. The topological polar surface area (TPSA) is 83.8 Å². The van der Waals surface area contributed by atoms with Crippen LogP contribution in [0.2, 0.25) is 10.2 Å². The molecule has 1 fully saturated rings. The van der Waals surface area contributed by atoms with Crippen molar-refractivity contribution in [3.8, 4) is 0 Å². The van der Waals surface area contributed by atoms with Crippen LogP contribution in [0.15, 0.2) is 39.6 Å². The first-order chi connectivity index (χ1) is 13.7. The molecule has 3 rings (SSSR count). The molecule has 1 saturated heterocycles. The molecule has 2 aromatic rings. The molecule has 0 radical (unpaired) electrons. The van der Waals surface area contributed by atoms with Gasteiger partial charge in [0.1, 0.15) is 16.7 Å². The standard InChI is InChI=1S/C19H22Cl2N4O3S/c1-24-10-5-3-4-9-17(24)23-29(27,28)14-8-6-7-13(11-14)22-19(26)16-12-15(20)18(21)25(16)2/h6-8,11-12H,3-5,9-10H2,1-2H3,(H,22,26)/b23-17+. The van der Waals surface area contributed by atoms with Crippen LogP contribution >= 0.6 is 23.2 Å². The Morgan fingerprint density at radius 2 is 1.90 bits per heavy atom. The molecule has 1 aromatic heterocycles. The number of sulfonamides is 1. The molecular weight excluding hydrogens is 435 g/mol. The van der Waals surface area contributed by atoms with Gasteiger partial charge in [0.05, 0.1) is 9.92 Å². The lowest BCUT2D eigenvalue weighted by molar-refractivity contribution is 0.101. The molecule has 0 unspecified atom stereocenters. The van der Waals surface area contributed by atoms with E-state index in [0.29, 0.717) is 17.9 Å². The van der Waals surface area contributed by atoms with Gasteiger partial charge in [0.15, 0.2) is 0 Å². The first kappa shape index (κ1) is 21.7. The van der Waals surface area contributed by atoms with Crippen LogP contribution in [0.5, 0.6) is 0 Å². The maximum absolute atomic E-state index is 12.8. The molecule has 1 aromatic carbocycles. The number of hydrogen-bond acceptors (Lipinski definition) is 3. The molecule has 29 heavy (non-hydrogen) atoms. The molecular formula is C19H22Cl2N4O3S. The summed E-state index contributed by atoms with van der Waals surface area (Å²) in [6.07, 6.45) is 3.61. The van der Waals surface area contributed by atoms with Gasteiger partial charge < -0.3 is 14.8 Å². The van der Waals surface area contributed by atoms with Crippen LogP contribution in [-0.2, 0) is 17.1 Å². The SMILES string of the molecule is CN1CCCCC/C1=N\S(=O)(=O)c1cccc(NC(=O)c2cc(Cl)c(Cl)n2C)c1. The van der Waals surface area contributed by atoms with E-state index in [9.17, 15) is 13.2 Å². The van der Waals surface area contributed by atoms with Crippen molar-refractivity contribution in [1.29, 1.82) is 0 Å². The van der Waals surface area contributed by atoms with Crippen molar-refractivity contribution in [1.82, 2.24) is 9.47 Å². The average molecular weight is 457 g/mol. The first-order valence-corrected chi connectivity index (χ1v) is 11.4. The van der Waals surface area contributed by atoms with E-state index < -0.39 is 15.9 Å². The van der Waals surface area contributed by atoms with Gasteiger partial charge in [0.25, 0.3) is 15.9 Å². The van der Waals surface area contributed by atoms with Gasteiger partial charge in [0, 0.05) is 32.7 Å². The summed E-state index contributed by atoms with van der Waals surface area (Å²) < 4.78 is 31.1. The monoisotopic (exact) mass is 456 g/mol. The predicted octanol–water partition coefficient (Wildman–Crippen LogP) is 4.18.